The molecule has 1 aromatic heterocycles. The van der Waals surface area contributed by atoms with E-state index in [-0.39, 0.29) is 11.8 Å². The minimum absolute atomic E-state index is 0.143. The van der Waals surface area contributed by atoms with Crippen molar-refractivity contribution in [3.05, 3.63) is 95.0 Å². The third-order valence-corrected chi connectivity index (χ3v) is 6.88. The standard InChI is InChI=1S/C30H34N6O3/c1-20(28(32)36-15-7-5-12-27(36)31)9-8-10-21(2)34-29(37)24-17-23-19-35(16-13-22(23)18-26(24)39-3)30(38)25-11-4-6-14-33-25/h4,6,8-11,14,17-18,31-32H,2,5,7,12-13,15-16,19H2,1,3H3,(H,34,37)/b10-8-,20-9+,31-27?,32-28?. The van der Waals surface area contributed by atoms with E-state index < -0.39 is 0 Å². The minimum atomic E-state index is -0.368. The zero-order valence-corrected chi connectivity index (χ0v) is 22.4. The number of piperidine rings is 1. The third-order valence-electron chi connectivity index (χ3n) is 6.88. The van der Waals surface area contributed by atoms with E-state index in [0.717, 1.165) is 29.5 Å². The van der Waals surface area contributed by atoms with E-state index in [1.165, 1.54) is 7.11 Å². The van der Waals surface area contributed by atoms with Crippen LogP contribution in [-0.2, 0) is 13.0 Å². The first-order valence-electron chi connectivity index (χ1n) is 13.0. The molecule has 0 spiro atoms. The Kier molecular flexibility index (Phi) is 8.70. The Balaban J connectivity index is 1.42. The number of likely N-dealkylation sites (tertiary alicyclic amines) is 1. The van der Waals surface area contributed by atoms with Crippen LogP contribution in [0, 0.1) is 10.8 Å². The number of amides is 2. The van der Waals surface area contributed by atoms with Crippen LogP contribution in [0.5, 0.6) is 5.75 Å². The van der Waals surface area contributed by atoms with E-state index in [0.29, 0.717) is 66.9 Å². The molecule has 2 aromatic rings. The number of rotatable bonds is 7. The molecule has 0 atom stereocenters. The minimum Gasteiger partial charge on any atom is -0.496 e. The fourth-order valence-electron chi connectivity index (χ4n) is 4.69. The van der Waals surface area contributed by atoms with Crippen LogP contribution in [0.1, 0.15) is 58.2 Å². The van der Waals surface area contributed by atoms with Crippen molar-refractivity contribution < 1.29 is 14.3 Å². The molecular weight excluding hydrogens is 492 g/mol. The highest BCUT2D eigenvalue weighted by Crippen LogP contribution is 2.29. The highest BCUT2D eigenvalue weighted by molar-refractivity contribution is 6.06. The molecule has 0 bridgehead atoms. The van der Waals surface area contributed by atoms with E-state index in [4.69, 9.17) is 15.6 Å². The number of nitrogens with zero attached hydrogens (tertiary/aromatic N) is 3. The molecule has 1 fully saturated rings. The molecule has 0 unspecified atom stereocenters. The summed E-state index contributed by atoms with van der Waals surface area (Å²) in [5.74, 6) is 0.736. The second kappa shape index (κ2) is 12.3. The van der Waals surface area contributed by atoms with Crippen LogP contribution >= 0.6 is 0 Å². The molecule has 1 aromatic carbocycles. The molecule has 0 radical (unpaired) electrons. The molecule has 202 valence electrons. The first-order valence-corrected chi connectivity index (χ1v) is 13.0. The van der Waals surface area contributed by atoms with Gasteiger partial charge in [-0.3, -0.25) is 25.4 Å². The predicted molar refractivity (Wildman–Crippen MR) is 151 cm³/mol. The van der Waals surface area contributed by atoms with Crippen molar-refractivity contribution in [1.29, 1.82) is 10.8 Å². The van der Waals surface area contributed by atoms with Crippen LogP contribution in [0.2, 0.25) is 0 Å². The van der Waals surface area contributed by atoms with Gasteiger partial charge >= 0.3 is 0 Å². The molecule has 9 nitrogen and oxygen atoms in total. The van der Waals surface area contributed by atoms with Crippen LogP contribution in [0.25, 0.3) is 0 Å². The van der Waals surface area contributed by atoms with Crippen molar-refractivity contribution in [2.45, 2.75) is 39.2 Å². The first-order chi connectivity index (χ1) is 18.8. The van der Waals surface area contributed by atoms with Gasteiger partial charge in [-0.1, -0.05) is 24.8 Å². The number of methoxy groups -OCH3 is 1. The molecule has 1 saturated heterocycles. The van der Waals surface area contributed by atoms with Gasteiger partial charge in [-0.05, 0) is 73.2 Å². The zero-order chi connectivity index (χ0) is 27.9. The van der Waals surface area contributed by atoms with Crippen molar-refractivity contribution in [3.8, 4) is 5.75 Å². The van der Waals surface area contributed by atoms with Gasteiger partial charge < -0.3 is 19.9 Å². The van der Waals surface area contributed by atoms with Gasteiger partial charge in [0.15, 0.2) is 0 Å². The average Bonchev–Trinajstić information content (AvgIpc) is 2.95. The predicted octanol–water partition coefficient (Wildman–Crippen LogP) is 4.48. The Labute approximate surface area is 228 Å². The van der Waals surface area contributed by atoms with Crippen molar-refractivity contribution in [3.63, 3.8) is 0 Å². The van der Waals surface area contributed by atoms with Crippen molar-refractivity contribution in [2.75, 3.05) is 20.2 Å². The average molecular weight is 527 g/mol. The first kappa shape index (κ1) is 27.5. The summed E-state index contributed by atoms with van der Waals surface area (Å²) in [5, 5.41) is 19.3. The number of allylic oxidation sites excluding steroid dienone is 3. The number of ether oxygens (including phenoxy) is 1. The SMILES string of the molecule is C=C(/C=C\C=C(/C)C(=N)N1CCCCC1=N)NC(=O)c1cc2c(cc1OC)CCN(C(=O)c1ccccn1)C2. The van der Waals surface area contributed by atoms with E-state index >= 15 is 0 Å². The highest BCUT2D eigenvalue weighted by atomic mass is 16.5. The second-order valence-corrected chi connectivity index (χ2v) is 9.61. The number of carbonyl (C=O) groups is 2. The number of hydrogen-bond donors (Lipinski definition) is 3. The molecule has 4 rings (SSSR count). The maximum absolute atomic E-state index is 13.1. The molecule has 2 aliphatic rings. The van der Waals surface area contributed by atoms with Crippen molar-refractivity contribution >= 4 is 23.5 Å². The number of carbonyl (C=O) groups excluding carboxylic acids is 2. The smallest absolute Gasteiger partial charge is 0.272 e. The molecule has 0 saturated carbocycles. The van der Waals surface area contributed by atoms with Crippen LogP contribution < -0.4 is 10.1 Å². The molecule has 2 aliphatic heterocycles. The second-order valence-electron chi connectivity index (χ2n) is 9.61. The van der Waals surface area contributed by atoms with Crippen LogP contribution in [-0.4, -0.2) is 58.5 Å². The Morgan fingerprint density at radius 3 is 2.69 bits per heavy atom. The van der Waals surface area contributed by atoms with E-state index in [9.17, 15) is 9.59 Å². The Bertz CT molecular complexity index is 1360. The third kappa shape index (κ3) is 6.49. The molecule has 9 heteroatoms. The number of fused-ring (bicyclic) bond motifs is 1. The van der Waals surface area contributed by atoms with Gasteiger partial charge in [-0.2, -0.15) is 0 Å². The Morgan fingerprint density at radius 2 is 1.97 bits per heavy atom. The van der Waals surface area contributed by atoms with E-state index in [1.807, 2.05) is 13.0 Å². The van der Waals surface area contributed by atoms with Gasteiger partial charge in [-0.25, -0.2) is 0 Å². The Morgan fingerprint density at radius 1 is 1.15 bits per heavy atom. The molecule has 3 heterocycles. The van der Waals surface area contributed by atoms with Gasteiger partial charge in [0.2, 0.25) is 0 Å². The highest BCUT2D eigenvalue weighted by Gasteiger charge is 2.25. The van der Waals surface area contributed by atoms with E-state index in [1.54, 1.807) is 58.5 Å². The number of hydrogen-bond acceptors (Lipinski definition) is 6. The summed E-state index contributed by atoms with van der Waals surface area (Å²) in [6, 6.07) is 8.89. The summed E-state index contributed by atoms with van der Waals surface area (Å²) in [6.45, 7) is 7.38. The van der Waals surface area contributed by atoms with Gasteiger partial charge in [-0.15, -0.1) is 0 Å². The summed E-state index contributed by atoms with van der Waals surface area (Å²) in [7, 11) is 1.53. The van der Waals surface area contributed by atoms with Crippen molar-refractivity contribution in [1.82, 2.24) is 20.1 Å². The number of pyridine rings is 1. The fraction of sp³-hybridized carbons (Fsp3) is 0.300. The normalized spacial score (nSPS) is 15.6. The quantitative estimate of drug-likeness (QED) is 0.279. The van der Waals surface area contributed by atoms with Crippen molar-refractivity contribution in [2.24, 2.45) is 0 Å². The van der Waals surface area contributed by atoms with Gasteiger partial charge in [0.05, 0.1) is 12.7 Å². The lowest BCUT2D eigenvalue weighted by Gasteiger charge is -2.29. The number of benzene rings is 1. The lowest BCUT2D eigenvalue weighted by molar-refractivity contribution is 0.0728. The Hall–Kier alpha value is -4.53. The van der Waals surface area contributed by atoms with Gasteiger partial charge in [0.1, 0.15) is 23.1 Å². The number of nitrogens with one attached hydrogen (secondary N) is 3. The van der Waals surface area contributed by atoms with E-state index in [2.05, 4.69) is 16.9 Å². The zero-order valence-electron chi connectivity index (χ0n) is 22.4. The lowest BCUT2D eigenvalue weighted by atomic mass is 9.96. The summed E-state index contributed by atoms with van der Waals surface area (Å²) in [5.41, 5.74) is 3.78. The summed E-state index contributed by atoms with van der Waals surface area (Å²) in [6.07, 6.45) is 10.1. The fourth-order valence-corrected chi connectivity index (χ4v) is 4.69. The summed E-state index contributed by atoms with van der Waals surface area (Å²) < 4.78 is 5.51. The molecular formula is C30H34N6O3. The monoisotopic (exact) mass is 526 g/mol. The van der Waals surface area contributed by atoms with Gasteiger partial charge in [0.25, 0.3) is 11.8 Å². The van der Waals surface area contributed by atoms with Gasteiger partial charge in [0, 0.05) is 37.9 Å². The maximum Gasteiger partial charge on any atom is 0.272 e. The number of amidine groups is 2. The lowest BCUT2D eigenvalue weighted by Crippen LogP contribution is -2.39. The topological polar surface area (TPSA) is 122 Å². The molecule has 2 amide bonds. The molecule has 3 N–H and O–H groups in total. The summed E-state index contributed by atoms with van der Waals surface area (Å²) in [4.78, 5) is 33.7. The molecule has 0 aliphatic carbocycles. The van der Waals surface area contributed by atoms with Crippen LogP contribution in [0.4, 0.5) is 0 Å². The van der Waals surface area contributed by atoms with Crippen LogP contribution in [0.3, 0.4) is 0 Å². The maximum atomic E-state index is 13.1. The number of aromatic nitrogens is 1. The largest absolute Gasteiger partial charge is 0.496 e. The summed E-state index contributed by atoms with van der Waals surface area (Å²) >= 11 is 0. The molecule has 39 heavy (non-hydrogen) atoms. The van der Waals surface area contributed by atoms with Crippen LogP contribution in [0.15, 0.2) is 72.6 Å².